The molecule has 2 aliphatic rings. The molecule has 2 aliphatic heterocycles. The summed E-state index contributed by atoms with van der Waals surface area (Å²) in [5.41, 5.74) is 0. The molecule has 1 aromatic heterocycles. The zero-order valence-corrected chi connectivity index (χ0v) is 15.5. The van der Waals surface area contributed by atoms with Crippen LogP contribution in [0.4, 0.5) is 0 Å². The van der Waals surface area contributed by atoms with Crippen molar-refractivity contribution < 1.29 is 23.1 Å². The van der Waals surface area contributed by atoms with Gasteiger partial charge in [-0.25, -0.2) is 8.42 Å². The average molecular weight is 383 g/mol. The maximum atomic E-state index is 12.9. The first-order valence-corrected chi connectivity index (χ1v) is 10.4. The Hall–Kier alpha value is -1.55. The summed E-state index contributed by atoms with van der Waals surface area (Å²) < 4.78 is 32.7. The first-order chi connectivity index (χ1) is 12.5. The molecule has 2 atom stereocenters. The van der Waals surface area contributed by atoms with E-state index >= 15 is 0 Å². The van der Waals surface area contributed by atoms with Crippen LogP contribution in [0.25, 0.3) is 0 Å². The van der Waals surface area contributed by atoms with E-state index in [1.165, 1.54) is 10.5 Å². The smallest absolute Gasteiger partial charge is 0.303 e. The Morgan fingerprint density at radius 3 is 2.73 bits per heavy atom. The predicted molar refractivity (Wildman–Crippen MR) is 94.2 cm³/mol. The number of ether oxygens (including phenoxy) is 1. The lowest BCUT2D eigenvalue weighted by molar-refractivity contribution is -0.137. The minimum absolute atomic E-state index is 0.00982. The van der Waals surface area contributed by atoms with Gasteiger partial charge in [0.2, 0.25) is 10.0 Å². The van der Waals surface area contributed by atoms with Gasteiger partial charge < -0.3 is 9.84 Å². The van der Waals surface area contributed by atoms with E-state index in [-0.39, 0.29) is 23.3 Å². The molecule has 0 unspecified atom stereocenters. The van der Waals surface area contributed by atoms with Gasteiger partial charge in [0.15, 0.2) is 0 Å². The summed E-state index contributed by atoms with van der Waals surface area (Å²) in [7, 11) is -3.61. The van der Waals surface area contributed by atoms with E-state index in [9.17, 15) is 13.2 Å². The van der Waals surface area contributed by atoms with Crippen molar-refractivity contribution in [3.63, 3.8) is 0 Å². The van der Waals surface area contributed by atoms with E-state index in [0.29, 0.717) is 39.1 Å². The number of piperidine rings is 1. The lowest BCUT2D eigenvalue weighted by atomic mass is 9.88. The van der Waals surface area contributed by atoms with Crippen LogP contribution in [0.3, 0.4) is 0 Å². The minimum atomic E-state index is -3.61. The summed E-state index contributed by atoms with van der Waals surface area (Å²) in [4.78, 5) is 17.5. The Morgan fingerprint density at radius 1 is 1.31 bits per heavy atom. The van der Waals surface area contributed by atoms with Crippen LogP contribution in [-0.2, 0) is 19.6 Å². The number of pyridine rings is 1. The minimum Gasteiger partial charge on any atom is -0.481 e. The summed E-state index contributed by atoms with van der Waals surface area (Å²) in [5, 5.41) is 9.07. The van der Waals surface area contributed by atoms with E-state index < -0.39 is 16.0 Å². The van der Waals surface area contributed by atoms with Crippen molar-refractivity contribution in [3.8, 4) is 0 Å². The highest BCUT2D eigenvalue weighted by molar-refractivity contribution is 7.89. The summed E-state index contributed by atoms with van der Waals surface area (Å²) in [6, 6.07) is 3.34. The number of morpholine rings is 1. The highest BCUT2D eigenvalue weighted by Gasteiger charge is 2.38. The topological polar surface area (TPSA) is 100 Å². The lowest BCUT2D eigenvalue weighted by Gasteiger charge is -2.44. The van der Waals surface area contributed by atoms with Gasteiger partial charge in [-0.1, -0.05) is 0 Å². The van der Waals surface area contributed by atoms with Gasteiger partial charge in [0.1, 0.15) is 4.90 Å². The highest BCUT2D eigenvalue weighted by Crippen LogP contribution is 2.30. The molecule has 1 N–H and O–H groups in total. The summed E-state index contributed by atoms with van der Waals surface area (Å²) in [5.74, 6) is -0.859. The molecule has 144 valence electrons. The van der Waals surface area contributed by atoms with Crippen LogP contribution in [0, 0.1) is 5.92 Å². The number of carbonyl (C=O) groups is 1. The number of nitrogens with zero attached hydrogens (tertiary/aromatic N) is 3. The van der Waals surface area contributed by atoms with Crippen LogP contribution < -0.4 is 0 Å². The Kier molecular flexibility index (Phi) is 6.23. The third-order valence-electron chi connectivity index (χ3n) is 5.17. The van der Waals surface area contributed by atoms with Crippen LogP contribution in [-0.4, -0.2) is 79.1 Å². The number of carboxylic acids is 1. The molecule has 0 aliphatic carbocycles. The second-order valence-electron chi connectivity index (χ2n) is 6.75. The fraction of sp³-hybridized carbons (Fsp3) is 0.647. The lowest BCUT2D eigenvalue weighted by Crippen LogP contribution is -2.55. The van der Waals surface area contributed by atoms with Crippen molar-refractivity contribution in [1.29, 1.82) is 0 Å². The third kappa shape index (κ3) is 4.40. The molecule has 2 fully saturated rings. The summed E-state index contributed by atoms with van der Waals surface area (Å²) in [6.07, 6.45) is 4.11. The molecule has 0 aromatic carbocycles. The fourth-order valence-electron chi connectivity index (χ4n) is 3.84. The SMILES string of the molecule is O=C(O)CC[C@@H]1CN(S(=O)(=O)c2cccnc2)CC[C@@H]1N1CCOCC1. The van der Waals surface area contributed by atoms with Crippen LogP contribution in [0.2, 0.25) is 0 Å². The van der Waals surface area contributed by atoms with Gasteiger partial charge in [0.25, 0.3) is 0 Å². The van der Waals surface area contributed by atoms with Crippen molar-refractivity contribution >= 4 is 16.0 Å². The summed E-state index contributed by atoms with van der Waals surface area (Å²) in [6.45, 7) is 3.72. The van der Waals surface area contributed by atoms with Gasteiger partial charge in [0.05, 0.1) is 13.2 Å². The van der Waals surface area contributed by atoms with Crippen LogP contribution >= 0.6 is 0 Å². The van der Waals surface area contributed by atoms with E-state index in [2.05, 4.69) is 9.88 Å². The number of aromatic nitrogens is 1. The van der Waals surface area contributed by atoms with E-state index in [4.69, 9.17) is 9.84 Å². The third-order valence-corrected chi connectivity index (χ3v) is 7.02. The molecule has 0 bridgehead atoms. The number of sulfonamides is 1. The van der Waals surface area contributed by atoms with E-state index in [1.807, 2.05) is 0 Å². The van der Waals surface area contributed by atoms with E-state index in [1.54, 1.807) is 18.3 Å². The zero-order chi connectivity index (χ0) is 18.6. The monoisotopic (exact) mass is 383 g/mol. The van der Waals surface area contributed by atoms with Crippen molar-refractivity contribution in [2.45, 2.75) is 30.2 Å². The van der Waals surface area contributed by atoms with Crippen molar-refractivity contribution in [1.82, 2.24) is 14.2 Å². The molecule has 0 radical (unpaired) electrons. The normalized spacial score (nSPS) is 25.8. The number of aliphatic carboxylic acids is 1. The van der Waals surface area contributed by atoms with E-state index in [0.717, 1.165) is 13.1 Å². The molecular formula is C17H25N3O5S. The van der Waals surface area contributed by atoms with Gasteiger partial charge in [-0.15, -0.1) is 0 Å². The number of hydrogen-bond donors (Lipinski definition) is 1. The second kappa shape index (κ2) is 8.43. The molecule has 0 spiro atoms. The Balaban J connectivity index is 1.76. The van der Waals surface area contributed by atoms with Crippen LogP contribution in [0.1, 0.15) is 19.3 Å². The number of rotatable bonds is 6. The Labute approximate surface area is 153 Å². The standard InChI is InChI=1S/C17H25N3O5S/c21-17(22)4-3-14-13-20(26(23,24)15-2-1-6-18-12-15)7-5-16(14)19-8-10-25-11-9-19/h1-2,6,12,14,16H,3-5,7-11,13H2,(H,21,22)/t14-,16+/m1/s1. The molecule has 3 heterocycles. The molecule has 26 heavy (non-hydrogen) atoms. The van der Waals surface area contributed by atoms with Gasteiger partial charge in [-0.2, -0.15) is 4.31 Å². The zero-order valence-electron chi connectivity index (χ0n) is 14.7. The molecular weight excluding hydrogens is 358 g/mol. The first-order valence-electron chi connectivity index (χ1n) is 8.92. The molecule has 8 nitrogen and oxygen atoms in total. The van der Waals surface area contributed by atoms with Gasteiger partial charge in [-0.05, 0) is 30.9 Å². The molecule has 1 aromatic rings. The largest absolute Gasteiger partial charge is 0.481 e. The molecule has 2 saturated heterocycles. The molecule has 0 saturated carbocycles. The number of carboxylic acid groups (broad SMARTS) is 1. The Bertz CT molecular complexity index is 706. The highest BCUT2D eigenvalue weighted by atomic mass is 32.2. The second-order valence-corrected chi connectivity index (χ2v) is 8.69. The quantitative estimate of drug-likeness (QED) is 0.770. The Morgan fingerprint density at radius 2 is 2.08 bits per heavy atom. The molecule has 3 rings (SSSR count). The van der Waals surface area contributed by atoms with Crippen LogP contribution in [0.15, 0.2) is 29.4 Å². The predicted octanol–water partition coefficient (Wildman–Crippen LogP) is 0.658. The van der Waals surface area contributed by atoms with Gasteiger partial charge >= 0.3 is 5.97 Å². The maximum Gasteiger partial charge on any atom is 0.303 e. The summed E-state index contributed by atoms with van der Waals surface area (Å²) >= 11 is 0. The van der Waals surface area contributed by atoms with Crippen LogP contribution in [0.5, 0.6) is 0 Å². The average Bonchev–Trinajstić information content (AvgIpc) is 2.67. The van der Waals surface area contributed by atoms with Gasteiger partial charge in [-0.3, -0.25) is 14.7 Å². The molecule has 0 amide bonds. The van der Waals surface area contributed by atoms with Gasteiger partial charge in [0, 0.05) is 51.0 Å². The number of hydrogen-bond acceptors (Lipinski definition) is 6. The van der Waals surface area contributed by atoms with Crippen molar-refractivity contribution in [2.75, 3.05) is 39.4 Å². The fourth-order valence-corrected chi connectivity index (χ4v) is 5.31. The van der Waals surface area contributed by atoms with Crippen molar-refractivity contribution in [2.24, 2.45) is 5.92 Å². The van der Waals surface area contributed by atoms with Crippen molar-refractivity contribution in [3.05, 3.63) is 24.5 Å². The molecule has 9 heteroatoms. The first kappa shape index (κ1) is 19.2. The maximum absolute atomic E-state index is 12.9.